The predicted molar refractivity (Wildman–Crippen MR) is 473 cm³/mol. The van der Waals surface area contributed by atoms with Crippen molar-refractivity contribution in [1.29, 1.82) is 0 Å². The molecular formula is C101H105F2N5O5S5. The molecule has 118 heavy (non-hydrogen) atoms. The number of carbonyl (C=O) groups excluding carboxylic acids is 5. The van der Waals surface area contributed by atoms with Crippen molar-refractivity contribution in [2.24, 2.45) is 27.1 Å². The summed E-state index contributed by atoms with van der Waals surface area (Å²) in [5, 5.41) is 0. The molecule has 0 unspecified atom stereocenters. The van der Waals surface area contributed by atoms with E-state index in [1.165, 1.54) is 77.0 Å². The molecule has 5 atom stereocenters. The van der Waals surface area contributed by atoms with Gasteiger partial charge in [0.15, 0.2) is 28.9 Å². The quantitative estimate of drug-likeness (QED) is 0.157. The smallest absolute Gasteiger partial charge is 0.160 e. The van der Waals surface area contributed by atoms with Crippen molar-refractivity contribution in [2.75, 3.05) is 0 Å². The molecule has 5 heterocycles. The van der Waals surface area contributed by atoms with E-state index in [1.807, 2.05) is 57.9 Å². The van der Waals surface area contributed by atoms with E-state index in [1.54, 1.807) is 80.9 Å². The number of halogens is 2. The minimum Gasteiger partial charge on any atom is -0.294 e. The third-order valence-corrected chi connectivity index (χ3v) is 32.3. The number of carbonyl (C=O) groups is 5. The van der Waals surface area contributed by atoms with E-state index in [2.05, 4.69) is 202 Å². The molecule has 0 saturated heterocycles. The highest BCUT2D eigenvalue weighted by Crippen LogP contribution is 2.60. The van der Waals surface area contributed by atoms with Crippen LogP contribution in [-0.4, -0.2) is 53.8 Å². The number of rotatable bonds is 6. The first-order valence-corrected chi connectivity index (χ1v) is 45.9. The third kappa shape index (κ3) is 14.5. The lowest BCUT2D eigenvalue weighted by atomic mass is 9.59. The number of hydrogen-bond donors (Lipinski definition) is 0. The van der Waals surface area contributed by atoms with E-state index in [0.29, 0.717) is 49.5 Å². The van der Waals surface area contributed by atoms with Crippen LogP contribution in [0.25, 0.3) is 0 Å². The summed E-state index contributed by atoms with van der Waals surface area (Å²) in [5.41, 5.74) is 29.5. The molecule has 0 saturated carbocycles. The van der Waals surface area contributed by atoms with Gasteiger partial charge in [0.05, 0.1) is 83.1 Å². The zero-order valence-electron chi connectivity index (χ0n) is 70.6. The van der Waals surface area contributed by atoms with Crippen LogP contribution in [0.1, 0.15) is 255 Å². The average molecular weight is 1670 g/mol. The number of aromatic nitrogens is 5. The minimum atomic E-state index is -0.597. The van der Waals surface area contributed by atoms with E-state index in [4.69, 9.17) is 0 Å². The second kappa shape index (κ2) is 30.7. The van der Waals surface area contributed by atoms with Gasteiger partial charge in [-0.2, -0.15) is 0 Å². The largest absolute Gasteiger partial charge is 0.294 e. The van der Waals surface area contributed by atoms with Gasteiger partial charge in [0.2, 0.25) is 0 Å². The molecule has 0 amide bonds. The fraction of sp³-hybridized carbons (Fsp3) is 0.406. The first-order valence-electron chi connectivity index (χ1n) is 41.5. The molecule has 20 rings (SSSR count). The van der Waals surface area contributed by atoms with Gasteiger partial charge in [-0.3, -0.25) is 24.0 Å². The summed E-state index contributed by atoms with van der Waals surface area (Å²) in [5.74, 6) is 0.848. The van der Waals surface area contributed by atoms with Crippen molar-refractivity contribution in [3.05, 3.63) is 315 Å². The number of fused-ring (bicyclic) bond motifs is 5. The maximum Gasteiger partial charge on any atom is 0.160 e. The highest BCUT2D eigenvalue weighted by molar-refractivity contribution is 7.11. The first kappa shape index (κ1) is 82.8. The van der Waals surface area contributed by atoms with Gasteiger partial charge in [0, 0.05) is 116 Å². The Morgan fingerprint density at radius 2 is 0.508 bits per heavy atom. The first-order chi connectivity index (χ1) is 55.9. The molecule has 0 fully saturated rings. The zero-order valence-corrected chi connectivity index (χ0v) is 74.6. The van der Waals surface area contributed by atoms with Gasteiger partial charge in [-0.15, -0.1) is 56.7 Å². The van der Waals surface area contributed by atoms with Crippen LogP contribution in [0.4, 0.5) is 8.78 Å². The van der Waals surface area contributed by atoms with Crippen molar-refractivity contribution in [1.82, 2.24) is 24.9 Å². The number of hydrogen-bond acceptors (Lipinski definition) is 15. The second-order valence-electron chi connectivity index (χ2n) is 39.0. The lowest BCUT2D eigenvalue weighted by Gasteiger charge is -2.44. The van der Waals surface area contributed by atoms with Gasteiger partial charge < -0.3 is 0 Å². The molecule has 17 heteroatoms. The Kier molecular flexibility index (Phi) is 21.5. The molecule has 10 aliphatic carbocycles. The summed E-state index contributed by atoms with van der Waals surface area (Å²) in [6.07, 6.45) is 12.7. The van der Waals surface area contributed by atoms with E-state index in [-0.39, 0.29) is 66.5 Å². The Balaban J connectivity index is 0.000000110. The van der Waals surface area contributed by atoms with Crippen LogP contribution in [0.3, 0.4) is 0 Å². The molecule has 608 valence electrons. The van der Waals surface area contributed by atoms with Crippen molar-refractivity contribution >= 4 is 85.6 Å². The maximum atomic E-state index is 13.9. The van der Waals surface area contributed by atoms with Crippen LogP contribution >= 0.6 is 56.7 Å². The highest BCUT2D eigenvalue weighted by atomic mass is 32.1. The topological polar surface area (TPSA) is 150 Å². The van der Waals surface area contributed by atoms with Gasteiger partial charge in [0.1, 0.15) is 11.6 Å². The standard InChI is InChI=1S/C21H23NOS.2C20H20FNOS.2C20H21NOS/c1-4-21(15-8-6-5-7-9-15)18-14(10-16-19(21)24-13-22-16)11-20(2,3)12-17(18)23;2*1-19(2)9-12-7-15-18(24-11-22-15)20(3,17(12)16(23)10-19)13-5-4-6-14(21)8-13;2*1-19(2)10-13-9-15-18(23-12-21-15)20(3,17(13)16(22)11-19)14-7-5-4-6-8-14/h5-9,13H,4,10-12H2,1-3H3;2*4-6,8,11H,7,9-10H2,1-3H3;2*4-8,12H,9-11H2,1-3H3/t21-;4*20-/m11010/s1. The van der Waals surface area contributed by atoms with Crippen LogP contribution in [0.2, 0.25) is 0 Å². The summed E-state index contributed by atoms with van der Waals surface area (Å²) >= 11 is 8.23. The van der Waals surface area contributed by atoms with Crippen LogP contribution in [0, 0.1) is 38.7 Å². The fourth-order valence-corrected chi connectivity index (χ4v) is 27.5. The van der Waals surface area contributed by atoms with Crippen LogP contribution in [-0.2, 0) is 83.2 Å². The summed E-state index contributed by atoms with van der Waals surface area (Å²) in [4.78, 5) is 94.5. The Morgan fingerprint density at radius 1 is 0.280 bits per heavy atom. The highest BCUT2D eigenvalue weighted by Gasteiger charge is 2.55. The number of Topliss-reactive ketones (excluding diaryl/α,β-unsaturated/α-hetero) is 5. The second-order valence-corrected chi connectivity index (χ2v) is 43.3. The summed E-state index contributed by atoms with van der Waals surface area (Å²) in [7, 11) is 0. The Labute approximate surface area is 713 Å². The Morgan fingerprint density at radius 3 is 0.780 bits per heavy atom. The SMILES string of the molecule is CC1(C)CC(=O)C2=C(Cc3ncsc3[C@@]2(C)c2cccc(F)c2)C1.CC1(C)CC(=O)C2=C(Cc3ncsc3[C@@]2(C)c2ccccc2)C1.CC1(C)CC(=O)C2=C(Cc3ncsc3[C@]2(C)c2cccc(F)c2)C1.CC1(C)CC(=O)C2=C(Cc3ncsc3[C@]2(C)c2ccccc2)C1.CC[C@@]1(c2ccccc2)C2=C(Cc3ncsc31)CC(C)(C)CC2=O. The summed E-state index contributed by atoms with van der Waals surface area (Å²) < 4.78 is 27.9. The summed E-state index contributed by atoms with van der Waals surface area (Å²) in [6, 6.07) is 44.8. The third-order valence-electron chi connectivity index (χ3n) is 26.9. The lowest BCUT2D eigenvalue weighted by molar-refractivity contribution is -0.119. The van der Waals surface area contributed by atoms with Gasteiger partial charge in [-0.05, 0) is 145 Å². The molecule has 0 spiro atoms. The van der Waals surface area contributed by atoms with Crippen molar-refractivity contribution in [3.8, 4) is 0 Å². The predicted octanol–water partition coefficient (Wildman–Crippen LogP) is 24.1. The number of ketones is 5. The van der Waals surface area contributed by atoms with E-state index >= 15 is 0 Å². The van der Waals surface area contributed by atoms with Crippen LogP contribution < -0.4 is 0 Å². The van der Waals surface area contributed by atoms with E-state index in [0.717, 1.165) is 142 Å². The van der Waals surface area contributed by atoms with Gasteiger partial charge in [-0.1, -0.05) is 219 Å². The van der Waals surface area contributed by atoms with Crippen molar-refractivity contribution in [2.45, 2.75) is 234 Å². The van der Waals surface area contributed by atoms with Gasteiger partial charge in [-0.25, -0.2) is 33.7 Å². The molecule has 0 aliphatic heterocycles. The fourth-order valence-electron chi connectivity index (χ4n) is 22.4. The monoisotopic (exact) mass is 1670 g/mol. The lowest BCUT2D eigenvalue weighted by Crippen LogP contribution is -2.41. The Bertz CT molecular complexity index is 5590. The number of allylic oxidation sites excluding steroid dienone is 10. The molecule has 0 radical (unpaired) electrons. The molecule has 10 nitrogen and oxygen atoms in total. The summed E-state index contributed by atoms with van der Waals surface area (Å²) in [6.45, 7) is 32.5. The Hall–Kier alpha value is -8.84. The number of thiazole rings is 5. The molecule has 0 bridgehead atoms. The van der Waals surface area contributed by atoms with Crippen molar-refractivity contribution in [3.63, 3.8) is 0 Å². The minimum absolute atomic E-state index is 0.0215. The number of benzene rings is 5. The normalized spacial score (nSPS) is 25.6. The zero-order chi connectivity index (χ0) is 83.7. The molecule has 10 aliphatic rings. The van der Waals surface area contributed by atoms with E-state index in [9.17, 15) is 32.8 Å². The van der Waals surface area contributed by atoms with Gasteiger partial charge >= 0.3 is 0 Å². The number of nitrogens with zero attached hydrogens (tertiary/aromatic N) is 5. The van der Waals surface area contributed by atoms with Crippen LogP contribution in [0.15, 0.2) is 223 Å². The average Bonchev–Trinajstić information content (AvgIpc) is 1.24. The molecule has 10 aromatic rings. The molecule has 5 aromatic carbocycles. The molecular weight excluding hydrogens is 1560 g/mol. The van der Waals surface area contributed by atoms with Gasteiger partial charge in [0.25, 0.3) is 0 Å². The molecule has 0 N–H and O–H groups in total. The van der Waals surface area contributed by atoms with E-state index < -0.39 is 10.8 Å². The molecule has 5 aromatic heterocycles. The maximum absolute atomic E-state index is 13.9. The van der Waals surface area contributed by atoms with Crippen molar-refractivity contribution < 1.29 is 32.8 Å². The van der Waals surface area contributed by atoms with Crippen LogP contribution in [0.5, 0.6) is 0 Å².